The van der Waals surface area contributed by atoms with Gasteiger partial charge in [-0.05, 0) is 24.6 Å². The summed E-state index contributed by atoms with van der Waals surface area (Å²) in [6, 6.07) is 4.00. The molecule has 5 nitrogen and oxygen atoms in total. The van der Waals surface area contributed by atoms with Gasteiger partial charge >= 0.3 is 0 Å². The zero-order valence-electron chi connectivity index (χ0n) is 9.30. The summed E-state index contributed by atoms with van der Waals surface area (Å²) >= 11 is 0. The summed E-state index contributed by atoms with van der Waals surface area (Å²) in [5, 5.41) is 7.44. The number of aryl methyl sites for hydroxylation is 1. The molecule has 0 spiro atoms. The van der Waals surface area contributed by atoms with Gasteiger partial charge in [0.05, 0.1) is 6.54 Å². The highest BCUT2D eigenvalue weighted by molar-refractivity contribution is 5.09. The molecule has 0 aliphatic carbocycles. The molecule has 0 bridgehead atoms. The van der Waals surface area contributed by atoms with Crippen LogP contribution >= 0.6 is 0 Å². The Kier molecular flexibility index (Phi) is 3.61. The summed E-state index contributed by atoms with van der Waals surface area (Å²) in [4.78, 5) is 8.17. The van der Waals surface area contributed by atoms with Crippen LogP contribution in [-0.4, -0.2) is 19.7 Å². The Hall–Kier alpha value is -1.75. The van der Waals surface area contributed by atoms with E-state index >= 15 is 0 Å². The molecule has 0 aliphatic heterocycles. The summed E-state index contributed by atoms with van der Waals surface area (Å²) in [5.74, 6) is 0.969. The van der Waals surface area contributed by atoms with Crippen LogP contribution in [0.3, 0.4) is 0 Å². The van der Waals surface area contributed by atoms with Gasteiger partial charge in [-0.1, -0.05) is 0 Å². The summed E-state index contributed by atoms with van der Waals surface area (Å²) < 4.78 is 1.89. The number of nitrogens with one attached hydrogen (secondary N) is 1. The summed E-state index contributed by atoms with van der Waals surface area (Å²) in [6.07, 6.45) is 5.18. The van der Waals surface area contributed by atoms with Gasteiger partial charge in [-0.15, -0.1) is 0 Å². The molecule has 0 atom stereocenters. The maximum absolute atomic E-state index is 4.20. The Labute approximate surface area is 94.5 Å². The van der Waals surface area contributed by atoms with Gasteiger partial charge in [0.15, 0.2) is 0 Å². The number of hydrogen-bond acceptors (Lipinski definition) is 4. The SMILES string of the molecule is CCn1ncnc1CNCc1ccncc1. The van der Waals surface area contributed by atoms with Gasteiger partial charge < -0.3 is 5.32 Å². The molecule has 0 saturated heterocycles. The molecule has 0 amide bonds. The van der Waals surface area contributed by atoms with Gasteiger partial charge in [0, 0.05) is 25.5 Å². The molecule has 0 aliphatic rings. The van der Waals surface area contributed by atoms with Crippen molar-refractivity contribution in [1.82, 2.24) is 25.1 Å². The molecule has 5 heteroatoms. The first kappa shape index (κ1) is 10.8. The maximum Gasteiger partial charge on any atom is 0.140 e. The molecular weight excluding hydrogens is 202 g/mol. The molecule has 2 rings (SSSR count). The molecule has 16 heavy (non-hydrogen) atoms. The van der Waals surface area contributed by atoms with Crippen molar-refractivity contribution in [1.29, 1.82) is 0 Å². The number of hydrogen-bond donors (Lipinski definition) is 1. The molecule has 2 heterocycles. The van der Waals surface area contributed by atoms with Crippen LogP contribution in [0.5, 0.6) is 0 Å². The van der Waals surface area contributed by atoms with Gasteiger partial charge in [-0.3, -0.25) is 4.98 Å². The average molecular weight is 217 g/mol. The van der Waals surface area contributed by atoms with Gasteiger partial charge in [0.2, 0.25) is 0 Å². The molecule has 0 radical (unpaired) electrons. The van der Waals surface area contributed by atoms with E-state index in [4.69, 9.17) is 0 Å². The quantitative estimate of drug-likeness (QED) is 0.811. The standard InChI is InChI=1S/C11H15N5/c1-2-16-11(14-9-15-16)8-13-7-10-3-5-12-6-4-10/h3-6,9,13H,2,7-8H2,1H3. The lowest BCUT2D eigenvalue weighted by Crippen LogP contribution is -2.17. The Morgan fingerprint density at radius 3 is 2.81 bits per heavy atom. The van der Waals surface area contributed by atoms with Crippen molar-refractivity contribution in [2.45, 2.75) is 26.6 Å². The lowest BCUT2D eigenvalue weighted by Gasteiger charge is -2.05. The average Bonchev–Trinajstić information content (AvgIpc) is 2.78. The van der Waals surface area contributed by atoms with Crippen molar-refractivity contribution in [3.63, 3.8) is 0 Å². The maximum atomic E-state index is 4.20. The van der Waals surface area contributed by atoms with Gasteiger partial charge in [-0.25, -0.2) is 9.67 Å². The molecule has 84 valence electrons. The third-order valence-electron chi connectivity index (χ3n) is 2.36. The van der Waals surface area contributed by atoms with E-state index in [1.807, 2.05) is 16.8 Å². The fourth-order valence-electron chi connectivity index (χ4n) is 1.51. The van der Waals surface area contributed by atoms with Crippen molar-refractivity contribution in [3.05, 3.63) is 42.2 Å². The fourth-order valence-corrected chi connectivity index (χ4v) is 1.51. The molecule has 0 fully saturated rings. The number of rotatable bonds is 5. The van der Waals surface area contributed by atoms with Crippen molar-refractivity contribution in [2.75, 3.05) is 0 Å². The minimum Gasteiger partial charge on any atom is -0.306 e. The van der Waals surface area contributed by atoms with Crippen molar-refractivity contribution < 1.29 is 0 Å². The topological polar surface area (TPSA) is 55.6 Å². The zero-order valence-corrected chi connectivity index (χ0v) is 9.30. The van der Waals surface area contributed by atoms with Crippen LogP contribution in [0.1, 0.15) is 18.3 Å². The van der Waals surface area contributed by atoms with Crippen LogP contribution in [0.25, 0.3) is 0 Å². The predicted octanol–water partition coefficient (Wildman–Crippen LogP) is 0.983. The van der Waals surface area contributed by atoms with Crippen LogP contribution in [0, 0.1) is 0 Å². The van der Waals surface area contributed by atoms with Crippen LogP contribution in [0.4, 0.5) is 0 Å². The lowest BCUT2D eigenvalue weighted by atomic mass is 10.3. The smallest absolute Gasteiger partial charge is 0.140 e. The number of pyridine rings is 1. The minimum atomic E-state index is 0.732. The van der Waals surface area contributed by atoms with E-state index in [1.54, 1.807) is 18.7 Å². The van der Waals surface area contributed by atoms with Crippen molar-refractivity contribution >= 4 is 0 Å². The molecular formula is C11H15N5. The normalized spacial score (nSPS) is 10.6. The zero-order chi connectivity index (χ0) is 11.2. The van der Waals surface area contributed by atoms with E-state index in [9.17, 15) is 0 Å². The molecule has 2 aromatic heterocycles. The second-order valence-corrected chi connectivity index (χ2v) is 3.45. The predicted molar refractivity (Wildman–Crippen MR) is 60.5 cm³/mol. The van der Waals surface area contributed by atoms with E-state index in [0.29, 0.717) is 0 Å². The number of nitrogens with zero attached hydrogens (tertiary/aromatic N) is 4. The molecule has 0 saturated carbocycles. The van der Waals surface area contributed by atoms with Crippen LogP contribution in [-0.2, 0) is 19.6 Å². The van der Waals surface area contributed by atoms with Crippen molar-refractivity contribution in [3.8, 4) is 0 Å². The third kappa shape index (κ3) is 2.64. The first-order valence-corrected chi connectivity index (χ1v) is 5.36. The van der Waals surface area contributed by atoms with Gasteiger partial charge in [-0.2, -0.15) is 5.10 Å². The van der Waals surface area contributed by atoms with Gasteiger partial charge in [0.25, 0.3) is 0 Å². The summed E-state index contributed by atoms with van der Waals surface area (Å²) in [6.45, 7) is 4.46. The second-order valence-electron chi connectivity index (χ2n) is 3.45. The fraction of sp³-hybridized carbons (Fsp3) is 0.364. The summed E-state index contributed by atoms with van der Waals surface area (Å²) in [5.41, 5.74) is 1.22. The highest BCUT2D eigenvalue weighted by Crippen LogP contribution is 1.97. The van der Waals surface area contributed by atoms with Crippen LogP contribution < -0.4 is 5.32 Å². The second kappa shape index (κ2) is 5.37. The third-order valence-corrected chi connectivity index (χ3v) is 2.36. The first-order valence-electron chi connectivity index (χ1n) is 5.36. The highest BCUT2D eigenvalue weighted by atomic mass is 15.3. The van der Waals surface area contributed by atoms with E-state index < -0.39 is 0 Å². The van der Waals surface area contributed by atoms with E-state index in [0.717, 1.165) is 25.5 Å². The Morgan fingerprint density at radius 1 is 1.25 bits per heavy atom. The monoisotopic (exact) mass is 217 g/mol. The first-order chi connectivity index (χ1) is 7.90. The van der Waals surface area contributed by atoms with E-state index in [2.05, 4.69) is 27.3 Å². The van der Waals surface area contributed by atoms with Crippen LogP contribution in [0.15, 0.2) is 30.9 Å². The Balaban J connectivity index is 1.85. The van der Waals surface area contributed by atoms with E-state index in [1.165, 1.54) is 5.56 Å². The minimum absolute atomic E-state index is 0.732. The lowest BCUT2D eigenvalue weighted by molar-refractivity contribution is 0.572. The molecule has 0 unspecified atom stereocenters. The van der Waals surface area contributed by atoms with E-state index in [-0.39, 0.29) is 0 Å². The Bertz CT molecular complexity index is 423. The molecule has 1 N–H and O–H groups in total. The van der Waals surface area contributed by atoms with Crippen LogP contribution in [0.2, 0.25) is 0 Å². The number of aromatic nitrogens is 4. The van der Waals surface area contributed by atoms with Crippen molar-refractivity contribution in [2.24, 2.45) is 0 Å². The molecule has 0 aromatic carbocycles. The van der Waals surface area contributed by atoms with Gasteiger partial charge in [0.1, 0.15) is 12.2 Å². The molecule has 2 aromatic rings. The highest BCUT2D eigenvalue weighted by Gasteiger charge is 2.01. The largest absolute Gasteiger partial charge is 0.306 e. The summed E-state index contributed by atoms with van der Waals surface area (Å²) in [7, 11) is 0. The Morgan fingerprint density at radius 2 is 2.06 bits per heavy atom.